The molecule has 0 atom stereocenters. The van der Waals surface area contributed by atoms with Crippen molar-refractivity contribution in [3.63, 3.8) is 0 Å². The van der Waals surface area contributed by atoms with Gasteiger partial charge in [0, 0.05) is 13.1 Å². The maximum Gasteiger partial charge on any atom is 1.00 e. The smallest absolute Gasteiger partial charge is 1.00 e. The molecule has 0 heterocycles. The van der Waals surface area contributed by atoms with Gasteiger partial charge < -0.3 is 8.06 Å². The molecule has 0 aromatic rings. The topological polar surface area (TPSA) is 132 Å². The SMILES string of the molecule is O=S(=O)(O)CCN(O)CCS(=O)(=O)O.[H-].[H-].[Na+].[Na+]. The maximum absolute atomic E-state index is 10.2. The summed E-state index contributed by atoms with van der Waals surface area (Å²) in [6.45, 7) is -0.872. The summed E-state index contributed by atoms with van der Waals surface area (Å²) in [7, 11) is -8.37. The summed E-state index contributed by atoms with van der Waals surface area (Å²) < 4.78 is 57.3. The van der Waals surface area contributed by atoms with Crippen LogP contribution in [0.25, 0.3) is 0 Å². The van der Waals surface area contributed by atoms with Gasteiger partial charge in [-0.2, -0.15) is 21.9 Å². The molecule has 3 N–H and O–H groups in total. The average Bonchev–Trinajstić information content (AvgIpc) is 1.94. The first kappa shape index (κ1) is 22.9. The zero-order chi connectivity index (χ0) is 11.4. The molecule has 0 saturated carbocycles. The summed E-state index contributed by atoms with van der Waals surface area (Å²) in [5.41, 5.74) is 0. The van der Waals surface area contributed by atoms with E-state index in [0.29, 0.717) is 5.06 Å². The minimum atomic E-state index is -4.19. The molecule has 0 aliphatic heterocycles. The number of nitrogens with zero attached hydrogens (tertiary/aromatic N) is 1. The summed E-state index contributed by atoms with van der Waals surface area (Å²) >= 11 is 0. The molecule has 0 unspecified atom stereocenters. The van der Waals surface area contributed by atoms with Crippen molar-refractivity contribution in [1.82, 2.24) is 5.06 Å². The van der Waals surface area contributed by atoms with Gasteiger partial charge in [-0.1, -0.05) is 0 Å². The Morgan fingerprint density at radius 3 is 1.31 bits per heavy atom. The van der Waals surface area contributed by atoms with Crippen molar-refractivity contribution >= 4 is 20.2 Å². The largest absolute Gasteiger partial charge is 1.00 e. The van der Waals surface area contributed by atoms with E-state index < -0.39 is 44.8 Å². The van der Waals surface area contributed by atoms with Crippen LogP contribution in [-0.2, 0) is 20.2 Å². The first-order valence-corrected chi connectivity index (χ1v) is 6.66. The number of hydroxylamine groups is 2. The summed E-state index contributed by atoms with van der Waals surface area (Å²) in [5, 5.41) is 9.23. The van der Waals surface area contributed by atoms with E-state index >= 15 is 0 Å². The summed E-state index contributed by atoms with van der Waals surface area (Å²) in [4.78, 5) is 0. The van der Waals surface area contributed by atoms with Crippen LogP contribution in [0.5, 0.6) is 0 Å². The van der Waals surface area contributed by atoms with Gasteiger partial charge in [0.2, 0.25) is 0 Å². The third kappa shape index (κ3) is 18.1. The van der Waals surface area contributed by atoms with Crippen LogP contribution in [0.1, 0.15) is 2.85 Å². The molecule has 0 saturated heterocycles. The van der Waals surface area contributed by atoms with Crippen molar-refractivity contribution in [1.29, 1.82) is 0 Å². The standard InChI is InChI=1S/C4H11NO7S2.2Na.2H/c6-5(1-3-13(7,8)9)2-4-14(10,11)12;;;;/h6H,1-4H2,(H,7,8,9)(H,10,11,12);;;;/q;2*+1;2*-1. The predicted molar refractivity (Wildman–Crippen MR) is 48.4 cm³/mol. The number of hydrogen-bond acceptors (Lipinski definition) is 6. The van der Waals surface area contributed by atoms with Crippen LogP contribution in [0.3, 0.4) is 0 Å². The molecule has 12 heteroatoms. The number of hydrogen-bond donors (Lipinski definition) is 3. The Balaban J connectivity index is -0.000000141. The van der Waals surface area contributed by atoms with Gasteiger partial charge in [0.1, 0.15) is 0 Å². The van der Waals surface area contributed by atoms with Crippen LogP contribution in [0.2, 0.25) is 0 Å². The normalized spacial score (nSPS) is 11.8. The van der Waals surface area contributed by atoms with E-state index in [2.05, 4.69) is 0 Å². The third-order valence-electron chi connectivity index (χ3n) is 1.21. The van der Waals surface area contributed by atoms with Gasteiger partial charge in [-0.05, 0) is 0 Å². The molecule has 8 nitrogen and oxygen atoms in total. The Morgan fingerprint density at radius 1 is 0.875 bits per heavy atom. The fraction of sp³-hybridized carbons (Fsp3) is 1.00. The Labute approximate surface area is 141 Å². The molecule has 90 valence electrons. The molecule has 0 bridgehead atoms. The van der Waals surface area contributed by atoms with Crippen LogP contribution >= 0.6 is 0 Å². The van der Waals surface area contributed by atoms with Gasteiger partial charge in [0.15, 0.2) is 0 Å². The fourth-order valence-corrected chi connectivity index (χ4v) is 1.44. The Bertz CT molecular complexity index is 339. The van der Waals surface area contributed by atoms with Gasteiger partial charge in [-0.15, -0.1) is 0 Å². The molecular formula is C4H13NNa2O7S2. The molecule has 0 rings (SSSR count). The molecular weight excluding hydrogens is 284 g/mol. The molecule has 16 heavy (non-hydrogen) atoms. The minimum absolute atomic E-state index is 0. The van der Waals surface area contributed by atoms with E-state index in [4.69, 9.17) is 14.3 Å². The van der Waals surface area contributed by atoms with Crippen molar-refractivity contribution in [3.8, 4) is 0 Å². The zero-order valence-electron chi connectivity index (χ0n) is 11.1. The molecule has 0 aromatic carbocycles. The monoisotopic (exact) mass is 297 g/mol. The predicted octanol–water partition coefficient (Wildman–Crippen LogP) is -7.31. The minimum Gasteiger partial charge on any atom is -1.00 e. The maximum atomic E-state index is 10.2. The van der Waals surface area contributed by atoms with Crippen LogP contribution in [0, 0.1) is 0 Å². The van der Waals surface area contributed by atoms with Gasteiger partial charge in [-0.25, -0.2) is 0 Å². The van der Waals surface area contributed by atoms with Crippen molar-refractivity contribution in [2.24, 2.45) is 0 Å². The molecule has 0 fully saturated rings. The Hall–Kier alpha value is 1.74. The van der Waals surface area contributed by atoms with Gasteiger partial charge in [-0.3, -0.25) is 9.11 Å². The number of rotatable bonds is 6. The Kier molecular flexibility index (Phi) is 13.8. The van der Waals surface area contributed by atoms with Crippen LogP contribution in [0.4, 0.5) is 0 Å². The van der Waals surface area contributed by atoms with E-state index in [0.717, 1.165) is 0 Å². The average molecular weight is 297 g/mol. The van der Waals surface area contributed by atoms with Crippen molar-refractivity contribution in [3.05, 3.63) is 0 Å². The van der Waals surface area contributed by atoms with Crippen molar-refractivity contribution in [2.75, 3.05) is 24.6 Å². The summed E-state index contributed by atoms with van der Waals surface area (Å²) in [6, 6.07) is 0. The van der Waals surface area contributed by atoms with E-state index in [1.807, 2.05) is 0 Å². The molecule has 0 amide bonds. The van der Waals surface area contributed by atoms with Gasteiger partial charge in [0.05, 0.1) is 11.5 Å². The van der Waals surface area contributed by atoms with Crippen molar-refractivity contribution < 1.29 is 93.1 Å². The first-order chi connectivity index (χ1) is 6.10. The Morgan fingerprint density at radius 2 is 1.12 bits per heavy atom. The molecule has 0 aliphatic carbocycles. The first-order valence-electron chi connectivity index (χ1n) is 3.44. The van der Waals surface area contributed by atoms with Crippen molar-refractivity contribution in [2.45, 2.75) is 0 Å². The molecule has 0 aliphatic rings. The quantitative estimate of drug-likeness (QED) is 0.250. The van der Waals surface area contributed by atoms with E-state index in [1.54, 1.807) is 0 Å². The van der Waals surface area contributed by atoms with Gasteiger partial charge >= 0.3 is 59.1 Å². The summed E-state index contributed by atoms with van der Waals surface area (Å²) in [6.07, 6.45) is 0. The van der Waals surface area contributed by atoms with Crippen LogP contribution < -0.4 is 59.1 Å². The summed E-state index contributed by atoms with van der Waals surface area (Å²) in [5.74, 6) is -1.43. The second-order valence-electron chi connectivity index (χ2n) is 2.53. The van der Waals surface area contributed by atoms with E-state index in [-0.39, 0.29) is 62.0 Å². The second-order valence-corrected chi connectivity index (χ2v) is 5.67. The van der Waals surface area contributed by atoms with Crippen LogP contribution in [-0.4, -0.2) is 60.8 Å². The third-order valence-corrected chi connectivity index (χ3v) is 2.61. The van der Waals surface area contributed by atoms with E-state index in [1.165, 1.54) is 0 Å². The fourth-order valence-electron chi connectivity index (χ4n) is 0.553. The second kappa shape index (κ2) is 9.64. The van der Waals surface area contributed by atoms with Crippen LogP contribution in [0.15, 0.2) is 0 Å². The molecule has 0 radical (unpaired) electrons. The molecule has 0 aromatic heterocycles. The molecule has 0 spiro atoms. The zero-order valence-corrected chi connectivity index (χ0v) is 14.7. The van der Waals surface area contributed by atoms with Gasteiger partial charge in [0.25, 0.3) is 20.2 Å². The van der Waals surface area contributed by atoms with E-state index in [9.17, 15) is 16.8 Å².